The minimum atomic E-state index is -0.0510. The van der Waals surface area contributed by atoms with Crippen molar-refractivity contribution < 1.29 is 0 Å². The van der Waals surface area contributed by atoms with Crippen molar-refractivity contribution in [3.8, 4) is 0 Å². The van der Waals surface area contributed by atoms with Crippen LogP contribution in [0.15, 0.2) is 11.1 Å². The molecule has 0 fully saturated rings. The summed E-state index contributed by atoms with van der Waals surface area (Å²) in [6.07, 6.45) is 1.54. The normalized spacial score (nSPS) is 12.0. The molecular weight excluding hydrogens is 154 g/mol. The van der Waals surface area contributed by atoms with Crippen LogP contribution < -0.4 is 5.69 Å². The van der Waals surface area contributed by atoms with E-state index in [2.05, 4.69) is 25.9 Å². The fraction of sp³-hybridized carbons (Fsp3) is 0.750. The van der Waals surface area contributed by atoms with Crippen LogP contribution in [0, 0.1) is 5.41 Å². The average molecular weight is 169 g/mol. The van der Waals surface area contributed by atoms with Gasteiger partial charge in [0.25, 0.3) is 0 Å². The molecular formula is C8H15N3O. The van der Waals surface area contributed by atoms with Gasteiger partial charge in [0.1, 0.15) is 6.33 Å². The molecule has 0 saturated heterocycles. The molecule has 0 aliphatic heterocycles. The van der Waals surface area contributed by atoms with E-state index in [1.165, 1.54) is 15.6 Å². The highest BCUT2D eigenvalue weighted by atomic mass is 16.2. The molecule has 0 N–H and O–H groups in total. The second-order valence-corrected chi connectivity index (χ2v) is 4.24. The molecule has 0 atom stereocenters. The second kappa shape index (κ2) is 2.77. The van der Waals surface area contributed by atoms with E-state index < -0.39 is 0 Å². The predicted octanol–water partition coefficient (Wildman–Crippen LogP) is 0.628. The van der Waals surface area contributed by atoms with Gasteiger partial charge in [-0.1, -0.05) is 20.8 Å². The second-order valence-electron chi connectivity index (χ2n) is 4.24. The standard InChI is InChI=1S/C8H15N3O/c1-8(2,3)5-11-7(12)10(4)6-9-11/h6H,5H2,1-4H3. The maximum atomic E-state index is 11.3. The largest absolute Gasteiger partial charge is 0.345 e. The van der Waals surface area contributed by atoms with Crippen LogP contribution in [0.5, 0.6) is 0 Å². The fourth-order valence-corrected chi connectivity index (χ4v) is 0.978. The van der Waals surface area contributed by atoms with Gasteiger partial charge in [-0.2, -0.15) is 5.10 Å². The molecule has 4 heteroatoms. The van der Waals surface area contributed by atoms with Crippen LogP contribution >= 0.6 is 0 Å². The number of nitrogens with zero attached hydrogens (tertiary/aromatic N) is 3. The Bertz CT molecular complexity index is 316. The summed E-state index contributed by atoms with van der Waals surface area (Å²) >= 11 is 0. The van der Waals surface area contributed by atoms with E-state index in [1.54, 1.807) is 7.05 Å². The molecule has 0 bridgehead atoms. The third kappa shape index (κ3) is 1.96. The highest BCUT2D eigenvalue weighted by molar-refractivity contribution is 4.69. The quantitative estimate of drug-likeness (QED) is 0.618. The summed E-state index contributed by atoms with van der Waals surface area (Å²) in [7, 11) is 1.70. The Morgan fingerprint density at radius 1 is 1.50 bits per heavy atom. The molecule has 1 rings (SSSR count). The summed E-state index contributed by atoms with van der Waals surface area (Å²) in [5.74, 6) is 0. The zero-order valence-electron chi connectivity index (χ0n) is 8.03. The molecule has 1 heterocycles. The minimum absolute atomic E-state index is 0.0510. The van der Waals surface area contributed by atoms with Crippen LogP contribution in [-0.2, 0) is 13.6 Å². The Hall–Kier alpha value is -1.06. The summed E-state index contributed by atoms with van der Waals surface area (Å²) in [5.41, 5.74) is 0.0444. The van der Waals surface area contributed by atoms with E-state index in [0.29, 0.717) is 6.54 Å². The Balaban J connectivity index is 2.91. The molecule has 4 nitrogen and oxygen atoms in total. The van der Waals surface area contributed by atoms with Gasteiger partial charge in [0, 0.05) is 7.05 Å². The zero-order valence-corrected chi connectivity index (χ0v) is 8.03. The summed E-state index contributed by atoms with van der Waals surface area (Å²) in [4.78, 5) is 11.3. The molecule has 12 heavy (non-hydrogen) atoms. The Morgan fingerprint density at radius 3 is 2.42 bits per heavy atom. The third-order valence-corrected chi connectivity index (χ3v) is 1.51. The summed E-state index contributed by atoms with van der Waals surface area (Å²) in [5, 5.41) is 3.97. The third-order valence-electron chi connectivity index (χ3n) is 1.51. The van der Waals surface area contributed by atoms with Crippen molar-refractivity contribution in [2.75, 3.05) is 0 Å². The van der Waals surface area contributed by atoms with Gasteiger partial charge < -0.3 is 0 Å². The number of aromatic nitrogens is 3. The van der Waals surface area contributed by atoms with Crippen molar-refractivity contribution in [1.29, 1.82) is 0 Å². The molecule has 0 radical (unpaired) electrons. The van der Waals surface area contributed by atoms with Crippen molar-refractivity contribution in [3.63, 3.8) is 0 Å². The van der Waals surface area contributed by atoms with Crippen LogP contribution in [0.3, 0.4) is 0 Å². The van der Waals surface area contributed by atoms with E-state index in [-0.39, 0.29) is 11.1 Å². The molecule has 0 aromatic carbocycles. The first-order valence-corrected chi connectivity index (χ1v) is 3.98. The molecule has 0 saturated carbocycles. The van der Waals surface area contributed by atoms with Crippen molar-refractivity contribution in [1.82, 2.24) is 14.3 Å². The van der Waals surface area contributed by atoms with Crippen LogP contribution in [0.4, 0.5) is 0 Å². The topological polar surface area (TPSA) is 39.8 Å². The van der Waals surface area contributed by atoms with Crippen LogP contribution in [0.2, 0.25) is 0 Å². The summed E-state index contributed by atoms with van der Waals surface area (Å²) in [6.45, 7) is 6.89. The summed E-state index contributed by atoms with van der Waals surface area (Å²) < 4.78 is 2.96. The van der Waals surface area contributed by atoms with Crippen molar-refractivity contribution in [3.05, 3.63) is 16.8 Å². The molecule has 1 aromatic rings. The molecule has 0 aliphatic carbocycles. The molecule has 0 aliphatic rings. The predicted molar refractivity (Wildman–Crippen MR) is 46.9 cm³/mol. The Morgan fingerprint density at radius 2 is 2.08 bits per heavy atom. The van der Waals surface area contributed by atoms with Gasteiger partial charge in [-0.25, -0.2) is 9.48 Å². The van der Waals surface area contributed by atoms with Gasteiger partial charge >= 0.3 is 5.69 Å². The van der Waals surface area contributed by atoms with Crippen LogP contribution in [-0.4, -0.2) is 14.3 Å². The highest BCUT2D eigenvalue weighted by Crippen LogP contribution is 2.13. The van der Waals surface area contributed by atoms with Gasteiger partial charge in [-0.15, -0.1) is 0 Å². The highest BCUT2D eigenvalue weighted by Gasteiger charge is 2.13. The van der Waals surface area contributed by atoms with Crippen LogP contribution in [0.1, 0.15) is 20.8 Å². The first kappa shape index (κ1) is 9.03. The van der Waals surface area contributed by atoms with E-state index >= 15 is 0 Å². The number of hydrogen-bond acceptors (Lipinski definition) is 2. The lowest BCUT2D eigenvalue weighted by Crippen LogP contribution is -2.28. The van der Waals surface area contributed by atoms with Crippen LogP contribution in [0.25, 0.3) is 0 Å². The smallest absolute Gasteiger partial charge is 0.285 e. The van der Waals surface area contributed by atoms with Gasteiger partial charge in [-0.05, 0) is 5.41 Å². The summed E-state index contributed by atoms with van der Waals surface area (Å²) in [6, 6.07) is 0. The van der Waals surface area contributed by atoms with Gasteiger partial charge in [0.05, 0.1) is 6.54 Å². The lowest BCUT2D eigenvalue weighted by molar-refractivity contribution is 0.318. The maximum absolute atomic E-state index is 11.3. The fourth-order valence-electron chi connectivity index (χ4n) is 0.978. The first-order chi connectivity index (χ1) is 5.40. The number of aryl methyl sites for hydroxylation is 1. The lowest BCUT2D eigenvalue weighted by Gasteiger charge is -2.16. The lowest BCUT2D eigenvalue weighted by atomic mass is 9.97. The monoisotopic (exact) mass is 169 g/mol. The molecule has 0 spiro atoms. The first-order valence-electron chi connectivity index (χ1n) is 3.98. The molecule has 0 amide bonds. The number of rotatable bonds is 1. The van der Waals surface area contributed by atoms with E-state index in [9.17, 15) is 4.79 Å². The number of hydrogen-bond donors (Lipinski definition) is 0. The Labute approximate surface area is 71.8 Å². The maximum Gasteiger partial charge on any atom is 0.345 e. The molecule has 68 valence electrons. The van der Waals surface area contributed by atoms with E-state index in [4.69, 9.17) is 0 Å². The Kier molecular flexibility index (Phi) is 2.08. The van der Waals surface area contributed by atoms with E-state index in [0.717, 1.165) is 0 Å². The van der Waals surface area contributed by atoms with Crippen molar-refractivity contribution in [2.45, 2.75) is 27.3 Å². The van der Waals surface area contributed by atoms with Crippen molar-refractivity contribution in [2.24, 2.45) is 12.5 Å². The average Bonchev–Trinajstić information content (AvgIpc) is 2.16. The minimum Gasteiger partial charge on any atom is -0.285 e. The van der Waals surface area contributed by atoms with Gasteiger partial charge in [0.2, 0.25) is 0 Å². The SMILES string of the molecule is Cn1cnn(CC(C)(C)C)c1=O. The molecule has 0 unspecified atom stereocenters. The molecule has 1 aromatic heterocycles. The van der Waals surface area contributed by atoms with Crippen molar-refractivity contribution >= 4 is 0 Å². The van der Waals surface area contributed by atoms with Gasteiger partial charge in [-0.3, -0.25) is 4.57 Å². The zero-order chi connectivity index (χ0) is 9.35. The van der Waals surface area contributed by atoms with Gasteiger partial charge in [0.15, 0.2) is 0 Å². The van der Waals surface area contributed by atoms with E-state index in [1.807, 2.05) is 0 Å².